The number of ketones is 1. The third-order valence-electron chi connectivity index (χ3n) is 1.76. The maximum Gasteiger partial charge on any atom is 0.345 e. The molecule has 0 radical (unpaired) electrons. The molecule has 0 unspecified atom stereocenters. The number of aliphatic hydroxyl groups is 1. The van der Waals surface area contributed by atoms with Gasteiger partial charge in [-0.2, -0.15) is 0 Å². The van der Waals surface area contributed by atoms with Gasteiger partial charge in [0.1, 0.15) is 11.3 Å². The van der Waals surface area contributed by atoms with Crippen LogP contribution in [0, 0.1) is 5.41 Å². The second kappa shape index (κ2) is 2.87. The standard InChI is InChI=1S/C9H12O4/c1-9(2,3)7(11)6-5(10)4-13-8(6)12/h11H,4H2,1-3H3. The Hall–Kier alpha value is -1.32. The van der Waals surface area contributed by atoms with Crippen LogP contribution in [0.15, 0.2) is 11.3 Å². The SMILES string of the molecule is CC(C)(C)C(O)=C1C(=O)COC1=O. The summed E-state index contributed by atoms with van der Waals surface area (Å²) in [7, 11) is 0. The largest absolute Gasteiger partial charge is 0.511 e. The number of carbonyl (C=O) groups excluding carboxylic acids is 2. The number of rotatable bonds is 0. The van der Waals surface area contributed by atoms with Crippen molar-refractivity contribution >= 4 is 11.8 Å². The van der Waals surface area contributed by atoms with Crippen molar-refractivity contribution in [1.29, 1.82) is 0 Å². The Kier molecular flexibility index (Phi) is 2.15. The highest BCUT2D eigenvalue weighted by Crippen LogP contribution is 2.28. The fourth-order valence-electron chi connectivity index (χ4n) is 0.993. The van der Waals surface area contributed by atoms with Gasteiger partial charge in [-0.25, -0.2) is 4.79 Å². The summed E-state index contributed by atoms with van der Waals surface area (Å²) < 4.78 is 4.49. The fourth-order valence-corrected chi connectivity index (χ4v) is 0.993. The zero-order valence-corrected chi connectivity index (χ0v) is 7.88. The Balaban J connectivity index is 3.17. The van der Waals surface area contributed by atoms with Crippen LogP contribution < -0.4 is 0 Å². The number of ether oxygens (including phenoxy) is 1. The first kappa shape index (κ1) is 9.77. The van der Waals surface area contributed by atoms with Crippen molar-refractivity contribution in [1.82, 2.24) is 0 Å². The van der Waals surface area contributed by atoms with Crippen LogP contribution in [-0.2, 0) is 14.3 Å². The van der Waals surface area contributed by atoms with E-state index in [1.807, 2.05) is 0 Å². The average molecular weight is 184 g/mol. The van der Waals surface area contributed by atoms with Crippen molar-refractivity contribution in [3.8, 4) is 0 Å². The van der Waals surface area contributed by atoms with Gasteiger partial charge in [0.05, 0.1) is 0 Å². The Bertz CT molecular complexity index is 275. The fraction of sp³-hybridized carbons (Fsp3) is 0.556. The van der Waals surface area contributed by atoms with E-state index in [1.54, 1.807) is 20.8 Å². The molecule has 72 valence electrons. The minimum atomic E-state index is -0.725. The number of aliphatic hydroxyl groups excluding tert-OH is 1. The molecule has 0 saturated carbocycles. The van der Waals surface area contributed by atoms with Crippen LogP contribution in [0.2, 0.25) is 0 Å². The zero-order valence-electron chi connectivity index (χ0n) is 7.88. The molecular formula is C9H12O4. The van der Waals surface area contributed by atoms with Crippen LogP contribution in [0.3, 0.4) is 0 Å². The summed E-state index contributed by atoms with van der Waals surface area (Å²) in [4.78, 5) is 22.1. The van der Waals surface area contributed by atoms with Gasteiger partial charge in [-0.15, -0.1) is 0 Å². The number of hydrogen-bond donors (Lipinski definition) is 1. The van der Waals surface area contributed by atoms with Gasteiger partial charge in [0.15, 0.2) is 6.61 Å². The van der Waals surface area contributed by atoms with Crippen molar-refractivity contribution in [3.63, 3.8) is 0 Å². The summed E-state index contributed by atoms with van der Waals surface area (Å²) in [6.45, 7) is 4.89. The van der Waals surface area contributed by atoms with Gasteiger partial charge < -0.3 is 9.84 Å². The molecule has 4 heteroatoms. The van der Waals surface area contributed by atoms with Crippen LogP contribution in [0.25, 0.3) is 0 Å². The number of allylic oxidation sites excluding steroid dienone is 1. The molecule has 13 heavy (non-hydrogen) atoms. The molecule has 0 atom stereocenters. The van der Waals surface area contributed by atoms with E-state index < -0.39 is 17.2 Å². The van der Waals surface area contributed by atoms with Crippen LogP contribution in [0.4, 0.5) is 0 Å². The van der Waals surface area contributed by atoms with Gasteiger partial charge in [0.2, 0.25) is 5.78 Å². The van der Waals surface area contributed by atoms with Crippen molar-refractivity contribution in [3.05, 3.63) is 11.3 Å². The molecular weight excluding hydrogens is 172 g/mol. The first-order valence-corrected chi connectivity index (χ1v) is 3.98. The lowest BCUT2D eigenvalue weighted by molar-refractivity contribution is -0.135. The Labute approximate surface area is 76.2 Å². The predicted octanol–water partition coefficient (Wildman–Crippen LogP) is 0.971. The molecule has 0 aromatic carbocycles. The quantitative estimate of drug-likeness (QED) is 0.264. The minimum absolute atomic E-state index is 0.194. The molecule has 1 aliphatic rings. The van der Waals surface area contributed by atoms with E-state index >= 15 is 0 Å². The van der Waals surface area contributed by atoms with Crippen molar-refractivity contribution in [2.45, 2.75) is 20.8 Å². The summed E-state index contributed by atoms with van der Waals surface area (Å²) >= 11 is 0. The van der Waals surface area contributed by atoms with Gasteiger partial charge in [-0.3, -0.25) is 4.79 Å². The van der Waals surface area contributed by atoms with Crippen LogP contribution in [0.5, 0.6) is 0 Å². The van der Waals surface area contributed by atoms with E-state index in [9.17, 15) is 14.7 Å². The lowest BCUT2D eigenvalue weighted by atomic mass is 9.90. The molecule has 1 heterocycles. The van der Waals surface area contributed by atoms with Gasteiger partial charge >= 0.3 is 5.97 Å². The highest BCUT2D eigenvalue weighted by molar-refractivity contribution is 6.22. The molecule has 0 bridgehead atoms. The molecule has 0 amide bonds. The minimum Gasteiger partial charge on any atom is -0.511 e. The molecule has 1 N–H and O–H groups in total. The smallest absolute Gasteiger partial charge is 0.345 e. The third-order valence-corrected chi connectivity index (χ3v) is 1.76. The van der Waals surface area contributed by atoms with E-state index in [0.717, 1.165) is 0 Å². The summed E-state index contributed by atoms with van der Waals surface area (Å²) in [5.41, 5.74) is -0.804. The zero-order chi connectivity index (χ0) is 10.2. The van der Waals surface area contributed by atoms with Gasteiger partial charge in [0.25, 0.3) is 0 Å². The summed E-state index contributed by atoms with van der Waals surface area (Å²) in [6, 6.07) is 0. The van der Waals surface area contributed by atoms with Crippen LogP contribution >= 0.6 is 0 Å². The molecule has 0 spiro atoms. The van der Waals surface area contributed by atoms with Crippen LogP contribution in [0.1, 0.15) is 20.8 Å². The van der Waals surface area contributed by atoms with Crippen molar-refractivity contribution in [2.24, 2.45) is 5.41 Å². The molecule has 0 aromatic heterocycles. The summed E-state index contributed by atoms with van der Waals surface area (Å²) in [6.07, 6.45) is 0. The molecule has 4 nitrogen and oxygen atoms in total. The Morgan fingerprint density at radius 1 is 1.38 bits per heavy atom. The predicted molar refractivity (Wildman–Crippen MR) is 45.1 cm³/mol. The topological polar surface area (TPSA) is 63.6 Å². The second-order valence-corrected chi connectivity index (χ2v) is 3.97. The van der Waals surface area contributed by atoms with E-state index in [2.05, 4.69) is 4.74 Å². The number of hydrogen-bond acceptors (Lipinski definition) is 4. The maximum atomic E-state index is 11.1. The average Bonchev–Trinajstić information content (AvgIpc) is 2.28. The third kappa shape index (κ3) is 1.71. The number of esters is 1. The Morgan fingerprint density at radius 3 is 2.23 bits per heavy atom. The van der Waals surface area contributed by atoms with E-state index in [4.69, 9.17) is 0 Å². The number of Topliss-reactive ketones (excluding diaryl/α,β-unsaturated/α-hetero) is 1. The number of carbonyl (C=O) groups is 2. The lowest BCUT2D eigenvalue weighted by Crippen LogP contribution is -2.16. The number of cyclic esters (lactones) is 1. The summed E-state index contributed by atoms with van der Waals surface area (Å²) in [5.74, 6) is -1.37. The Morgan fingerprint density at radius 2 is 1.92 bits per heavy atom. The molecule has 1 fully saturated rings. The van der Waals surface area contributed by atoms with Crippen LogP contribution in [-0.4, -0.2) is 23.5 Å². The normalized spacial score (nSPS) is 21.8. The van der Waals surface area contributed by atoms with E-state index in [-0.39, 0.29) is 17.9 Å². The van der Waals surface area contributed by atoms with E-state index in [1.165, 1.54) is 0 Å². The molecule has 0 aromatic rings. The maximum absolute atomic E-state index is 11.1. The highest BCUT2D eigenvalue weighted by atomic mass is 16.5. The summed E-state index contributed by atoms with van der Waals surface area (Å²) in [5, 5.41) is 9.58. The van der Waals surface area contributed by atoms with Gasteiger partial charge in [0, 0.05) is 5.41 Å². The lowest BCUT2D eigenvalue weighted by Gasteiger charge is -2.17. The van der Waals surface area contributed by atoms with Crippen molar-refractivity contribution < 1.29 is 19.4 Å². The first-order chi connectivity index (χ1) is 5.84. The van der Waals surface area contributed by atoms with Crippen molar-refractivity contribution in [2.75, 3.05) is 6.61 Å². The first-order valence-electron chi connectivity index (χ1n) is 3.98. The highest BCUT2D eigenvalue weighted by Gasteiger charge is 2.35. The van der Waals surface area contributed by atoms with E-state index in [0.29, 0.717) is 0 Å². The van der Waals surface area contributed by atoms with Gasteiger partial charge in [-0.05, 0) is 0 Å². The molecule has 0 aliphatic carbocycles. The molecule has 1 saturated heterocycles. The molecule has 1 rings (SSSR count). The second-order valence-electron chi connectivity index (χ2n) is 3.97. The monoisotopic (exact) mass is 184 g/mol. The molecule has 1 aliphatic heterocycles. The van der Waals surface area contributed by atoms with Gasteiger partial charge in [-0.1, -0.05) is 20.8 Å².